The number of hydrogen-bond acceptors (Lipinski definition) is 4. The number of ether oxygens (including phenoxy) is 2. The number of carboxylic acid groups (broad SMARTS) is 1. The molecule has 180 valence electrons. The Morgan fingerprint density at radius 3 is 2.33 bits per heavy atom. The molecule has 0 heterocycles. The highest BCUT2D eigenvalue weighted by Gasteiger charge is 2.18. The molecule has 2 amide bonds. The molecule has 0 aliphatic heterocycles. The van der Waals surface area contributed by atoms with E-state index in [-0.39, 0.29) is 6.03 Å². The average Bonchev–Trinajstić information content (AvgIpc) is 2.80. The molecule has 7 nitrogen and oxygen atoms in total. The molecule has 2 aromatic rings. The van der Waals surface area contributed by atoms with Gasteiger partial charge >= 0.3 is 12.0 Å². The first kappa shape index (κ1) is 26.5. The van der Waals surface area contributed by atoms with Crippen LogP contribution in [-0.2, 0) is 16.0 Å². The molecule has 33 heavy (non-hydrogen) atoms. The quantitative estimate of drug-likeness (QED) is 0.353. The lowest BCUT2D eigenvalue weighted by molar-refractivity contribution is -0.149. The van der Waals surface area contributed by atoms with E-state index in [4.69, 9.17) is 21.1 Å². The second-order valence-corrected chi connectivity index (χ2v) is 8.05. The molecule has 0 fully saturated rings. The number of amides is 2. The number of unbranched alkanes of at least 4 members (excludes halogenated alkanes) is 2. The first-order valence-corrected chi connectivity index (χ1v) is 11.7. The number of carbonyl (C=O) groups is 2. The van der Waals surface area contributed by atoms with Crippen LogP contribution in [0, 0.1) is 0 Å². The minimum absolute atomic E-state index is 0.178. The van der Waals surface area contributed by atoms with Gasteiger partial charge in [0.15, 0.2) is 6.10 Å². The Kier molecular flexibility index (Phi) is 11.6. The van der Waals surface area contributed by atoms with Gasteiger partial charge in [-0.05, 0) is 55.3 Å². The molecular formula is C25H33ClN2O5. The highest BCUT2D eigenvalue weighted by Crippen LogP contribution is 2.16. The lowest BCUT2D eigenvalue weighted by Crippen LogP contribution is -2.38. The number of anilines is 1. The van der Waals surface area contributed by atoms with Crippen LogP contribution in [0.4, 0.5) is 10.5 Å². The molecule has 2 aromatic carbocycles. The maximum atomic E-state index is 12.8. The smallest absolute Gasteiger partial charge is 0.333 e. The van der Waals surface area contributed by atoms with Crippen molar-refractivity contribution in [1.82, 2.24) is 4.90 Å². The van der Waals surface area contributed by atoms with Crippen LogP contribution in [0.25, 0.3) is 0 Å². The summed E-state index contributed by atoms with van der Waals surface area (Å²) in [7, 11) is 0. The number of benzene rings is 2. The van der Waals surface area contributed by atoms with Crippen molar-refractivity contribution < 1.29 is 24.2 Å². The van der Waals surface area contributed by atoms with Gasteiger partial charge in [-0.2, -0.15) is 0 Å². The van der Waals surface area contributed by atoms with E-state index in [1.165, 1.54) is 0 Å². The van der Waals surface area contributed by atoms with Crippen LogP contribution in [0.5, 0.6) is 5.75 Å². The van der Waals surface area contributed by atoms with E-state index >= 15 is 0 Å². The van der Waals surface area contributed by atoms with Crippen LogP contribution in [0.15, 0.2) is 48.5 Å². The number of urea groups is 1. The number of carbonyl (C=O) groups excluding carboxylic acids is 1. The zero-order chi connectivity index (χ0) is 24.1. The van der Waals surface area contributed by atoms with Crippen LogP contribution in [0.3, 0.4) is 0 Å². The molecular weight excluding hydrogens is 444 g/mol. The summed E-state index contributed by atoms with van der Waals surface area (Å²) in [5, 5.41) is 12.7. The van der Waals surface area contributed by atoms with Crippen LogP contribution in [-0.4, -0.2) is 54.4 Å². The molecule has 1 unspecified atom stereocenters. The van der Waals surface area contributed by atoms with Gasteiger partial charge in [-0.15, -0.1) is 0 Å². The fourth-order valence-electron chi connectivity index (χ4n) is 3.23. The van der Waals surface area contributed by atoms with E-state index in [9.17, 15) is 14.7 Å². The number of carboxylic acids is 1. The summed E-state index contributed by atoms with van der Waals surface area (Å²) in [6.07, 6.45) is 2.47. The van der Waals surface area contributed by atoms with E-state index in [1.807, 2.05) is 12.1 Å². The molecule has 2 rings (SSSR count). The Morgan fingerprint density at radius 1 is 1.03 bits per heavy atom. The SMILES string of the molecule is CCCCCN(CCOc1ccc(CC(OCC)C(=O)O)cc1)C(=O)Nc1ccc(Cl)cc1. The zero-order valence-electron chi connectivity index (χ0n) is 19.3. The van der Waals surface area contributed by atoms with Crippen molar-refractivity contribution in [2.75, 3.05) is 31.6 Å². The lowest BCUT2D eigenvalue weighted by atomic mass is 10.1. The highest BCUT2D eigenvalue weighted by atomic mass is 35.5. The summed E-state index contributed by atoms with van der Waals surface area (Å²) in [4.78, 5) is 25.8. The van der Waals surface area contributed by atoms with Gasteiger partial charge < -0.3 is 24.8 Å². The van der Waals surface area contributed by atoms with E-state index in [0.29, 0.717) is 49.2 Å². The van der Waals surface area contributed by atoms with Crippen molar-refractivity contribution >= 4 is 29.3 Å². The normalized spacial score (nSPS) is 11.6. The van der Waals surface area contributed by atoms with Crippen molar-refractivity contribution in [3.05, 3.63) is 59.1 Å². The van der Waals surface area contributed by atoms with Crippen molar-refractivity contribution in [3.8, 4) is 5.75 Å². The first-order chi connectivity index (χ1) is 15.9. The van der Waals surface area contributed by atoms with Gasteiger partial charge in [0, 0.05) is 30.3 Å². The third-order valence-corrected chi connectivity index (χ3v) is 5.28. The zero-order valence-corrected chi connectivity index (χ0v) is 20.0. The van der Waals surface area contributed by atoms with Gasteiger partial charge in [0.2, 0.25) is 0 Å². The minimum Gasteiger partial charge on any atom is -0.492 e. The Labute approximate surface area is 200 Å². The maximum absolute atomic E-state index is 12.8. The summed E-state index contributed by atoms with van der Waals surface area (Å²) in [5.74, 6) is -0.314. The Bertz CT molecular complexity index is 858. The van der Waals surface area contributed by atoms with Gasteiger partial charge in [-0.1, -0.05) is 43.5 Å². The molecule has 0 aliphatic rings. The molecule has 0 saturated heterocycles. The molecule has 2 N–H and O–H groups in total. The number of halogens is 1. The standard InChI is InChI=1S/C25H33ClN2O5/c1-3-5-6-15-28(25(31)27-21-11-9-20(26)10-12-21)16-17-33-22-13-7-19(8-14-22)18-23(24(29)30)32-4-2/h7-14,23H,3-6,15-18H2,1-2H3,(H,27,31)(H,29,30). The number of rotatable bonds is 14. The first-order valence-electron chi connectivity index (χ1n) is 11.3. The summed E-state index contributed by atoms with van der Waals surface area (Å²) in [6.45, 7) is 5.67. The predicted octanol–water partition coefficient (Wildman–Crippen LogP) is 5.48. The summed E-state index contributed by atoms with van der Waals surface area (Å²) in [6, 6.07) is 14.1. The second kappa shape index (κ2) is 14.4. The predicted molar refractivity (Wildman–Crippen MR) is 130 cm³/mol. The molecule has 8 heteroatoms. The Hall–Kier alpha value is -2.77. The third-order valence-electron chi connectivity index (χ3n) is 5.03. The third kappa shape index (κ3) is 9.72. The molecule has 0 aromatic heterocycles. The molecule has 0 radical (unpaired) electrons. The van der Waals surface area contributed by atoms with Gasteiger partial charge in [0.05, 0.1) is 6.54 Å². The fraction of sp³-hybridized carbons (Fsp3) is 0.440. The van der Waals surface area contributed by atoms with E-state index in [1.54, 1.807) is 48.2 Å². The van der Waals surface area contributed by atoms with E-state index < -0.39 is 12.1 Å². The molecule has 0 saturated carbocycles. The maximum Gasteiger partial charge on any atom is 0.333 e. The monoisotopic (exact) mass is 476 g/mol. The molecule has 0 aliphatic carbocycles. The number of aliphatic carboxylic acids is 1. The molecule has 0 spiro atoms. The van der Waals surface area contributed by atoms with Crippen molar-refractivity contribution in [3.63, 3.8) is 0 Å². The fourth-order valence-corrected chi connectivity index (χ4v) is 3.36. The highest BCUT2D eigenvalue weighted by molar-refractivity contribution is 6.30. The van der Waals surface area contributed by atoms with Gasteiger partial charge in [0.25, 0.3) is 0 Å². The molecule has 0 bridgehead atoms. The summed E-state index contributed by atoms with van der Waals surface area (Å²) in [5.41, 5.74) is 1.54. The average molecular weight is 477 g/mol. The lowest BCUT2D eigenvalue weighted by Gasteiger charge is -2.23. The summed E-state index contributed by atoms with van der Waals surface area (Å²) < 4.78 is 11.1. The number of nitrogens with one attached hydrogen (secondary N) is 1. The van der Waals surface area contributed by atoms with Gasteiger partial charge in [-0.3, -0.25) is 0 Å². The van der Waals surface area contributed by atoms with Crippen LogP contribution in [0.1, 0.15) is 38.7 Å². The number of hydrogen-bond donors (Lipinski definition) is 2. The largest absolute Gasteiger partial charge is 0.492 e. The topological polar surface area (TPSA) is 88.1 Å². The molecule has 1 atom stereocenters. The second-order valence-electron chi connectivity index (χ2n) is 7.61. The van der Waals surface area contributed by atoms with Gasteiger partial charge in [-0.25, -0.2) is 9.59 Å². The van der Waals surface area contributed by atoms with Crippen LogP contribution in [0.2, 0.25) is 5.02 Å². The summed E-state index contributed by atoms with van der Waals surface area (Å²) >= 11 is 5.91. The van der Waals surface area contributed by atoms with Crippen LogP contribution < -0.4 is 10.1 Å². The van der Waals surface area contributed by atoms with E-state index in [0.717, 1.165) is 24.8 Å². The Morgan fingerprint density at radius 2 is 1.73 bits per heavy atom. The van der Waals surface area contributed by atoms with E-state index in [2.05, 4.69) is 12.2 Å². The Balaban J connectivity index is 1.89. The number of nitrogens with zero attached hydrogens (tertiary/aromatic N) is 1. The van der Waals surface area contributed by atoms with Crippen molar-refractivity contribution in [2.24, 2.45) is 0 Å². The van der Waals surface area contributed by atoms with Gasteiger partial charge in [0.1, 0.15) is 12.4 Å². The van der Waals surface area contributed by atoms with Crippen molar-refractivity contribution in [1.29, 1.82) is 0 Å². The van der Waals surface area contributed by atoms with Crippen LogP contribution >= 0.6 is 11.6 Å². The van der Waals surface area contributed by atoms with Crippen molar-refractivity contribution in [2.45, 2.75) is 45.6 Å². The minimum atomic E-state index is -0.975.